The highest BCUT2D eigenvalue weighted by Crippen LogP contribution is 2.21. The molecule has 1 aromatic heterocycles. The lowest BCUT2D eigenvalue weighted by Crippen LogP contribution is -2.30. The molecule has 2 aromatic rings. The summed E-state index contributed by atoms with van der Waals surface area (Å²) in [5, 5.41) is 10.3. The van der Waals surface area contributed by atoms with Crippen molar-refractivity contribution in [2.45, 2.75) is 52.2 Å². The molecule has 0 spiro atoms. The van der Waals surface area contributed by atoms with Crippen LogP contribution in [-0.2, 0) is 13.0 Å². The molecule has 1 heterocycles. The van der Waals surface area contributed by atoms with Gasteiger partial charge < -0.3 is 9.67 Å². The van der Waals surface area contributed by atoms with Crippen molar-refractivity contribution < 1.29 is 5.11 Å². The van der Waals surface area contributed by atoms with Crippen molar-refractivity contribution >= 4 is 11.0 Å². The van der Waals surface area contributed by atoms with Crippen LogP contribution in [-0.4, -0.2) is 20.3 Å². The fourth-order valence-electron chi connectivity index (χ4n) is 2.17. The molecule has 1 atom stereocenters. The highest BCUT2D eigenvalue weighted by atomic mass is 16.3. The number of aromatic nitrogens is 2. The monoisotopic (exact) mass is 246 g/mol. The predicted octanol–water partition coefficient (Wildman–Crippen LogP) is 3.15. The number of para-hydroxylation sites is 2. The van der Waals surface area contributed by atoms with Gasteiger partial charge in [-0.25, -0.2) is 4.98 Å². The second-order valence-corrected chi connectivity index (χ2v) is 5.20. The van der Waals surface area contributed by atoms with Crippen molar-refractivity contribution in [1.82, 2.24) is 9.55 Å². The molecule has 0 saturated heterocycles. The van der Waals surface area contributed by atoms with Crippen LogP contribution in [0.25, 0.3) is 11.0 Å². The van der Waals surface area contributed by atoms with Gasteiger partial charge in [0.2, 0.25) is 0 Å². The first kappa shape index (κ1) is 13.1. The van der Waals surface area contributed by atoms with Gasteiger partial charge in [0, 0.05) is 6.42 Å². The molecule has 1 aromatic carbocycles. The van der Waals surface area contributed by atoms with Gasteiger partial charge >= 0.3 is 0 Å². The molecule has 0 fully saturated rings. The number of fused-ring (bicyclic) bond motifs is 1. The molecule has 2 rings (SSSR count). The van der Waals surface area contributed by atoms with Crippen LogP contribution in [0.15, 0.2) is 24.3 Å². The quantitative estimate of drug-likeness (QED) is 0.880. The molecule has 0 aliphatic carbocycles. The van der Waals surface area contributed by atoms with E-state index in [4.69, 9.17) is 0 Å². The fraction of sp³-hybridized carbons (Fsp3) is 0.533. The summed E-state index contributed by atoms with van der Waals surface area (Å²) in [4.78, 5) is 4.67. The minimum absolute atomic E-state index is 0.610. The van der Waals surface area contributed by atoms with E-state index in [0.717, 1.165) is 36.1 Å². The Morgan fingerprint density at radius 2 is 2.00 bits per heavy atom. The number of aliphatic hydroxyl groups is 1. The third-order valence-electron chi connectivity index (χ3n) is 3.47. The zero-order valence-corrected chi connectivity index (χ0v) is 11.5. The van der Waals surface area contributed by atoms with Crippen LogP contribution in [0, 0.1) is 0 Å². The molecule has 0 saturated carbocycles. The van der Waals surface area contributed by atoms with Crippen LogP contribution in [0.4, 0.5) is 0 Å². The number of hydrogen-bond acceptors (Lipinski definition) is 2. The van der Waals surface area contributed by atoms with Gasteiger partial charge in [-0.1, -0.05) is 26.0 Å². The second kappa shape index (κ2) is 5.11. The molecular formula is C15H22N2O. The lowest BCUT2D eigenvalue weighted by Gasteiger charge is -2.23. The van der Waals surface area contributed by atoms with Crippen molar-refractivity contribution in [3.8, 4) is 0 Å². The molecule has 1 N–H and O–H groups in total. The molecule has 0 radical (unpaired) electrons. The van der Waals surface area contributed by atoms with Gasteiger partial charge in [-0.05, 0) is 31.9 Å². The summed E-state index contributed by atoms with van der Waals surface area (Å²) in [6.45, 7) is 6.66. The first-order chi connectivity index (χ1) is 8.57. The van der Waals surface area contributed by atoms with Gasteiger partial charge in [0.15, 0.2) is 0 Å². The van der Waals surface area contributed by atoms with Gasteiger partial charge in [0.1, 0.15) is 5.82 Å². The Hall–Kier alpha value is -1.35. The van der Waals surface area contributed by atoms with Crippen LogP contribution < -0.4 is 0 Å². The van der Waals surface area contributed by atoms with Crippen molar-refractivity contribution in [3.05, 3.63) is 30.1 Å². The molecule has 18 heavy (non-hydrogen) atoms. The summed E-state index contributed by atoms with van der Waals surface area (Å²) in [5.74, 6) is 1.08. The normalized spacial score (nSPS) is 14.9. The lowest BCUT2D eigenvalue weighted by molar-refractivity contribution is 0.0382. The number of benzene rings is 1. The van der Waals surface area contributed by atoms with E-state index in [9.17, 15) is 5.11 Å². The zero-order valence-electron chi connectivity index (χ0n) is 11.5. The van der Waals surface area contributed by atoms with Crippen molar-refractivity contribution in [3.63, 3.8) is 0 Å². The predicted molar refractivity (Wildman–Crippen MR) is 74.6 cm³/mol. The number of rotatable bonds is 5. The Kier molecular flexibility index (Phi) is 3.71. The first-order valence-corrected chi connectivity index (χ1v) is 6.74. The number of aryl methyl sites for hydroxylation is 1. The third kappa shape index (κ3) is 2.56. The van der Waals surface area contributed by atoms with E-state index in [1.165, 1.54) is 0 Å². The van der Waals surface area contributed by atoms with Crippen molar-refractivity contribution in [1.29, 1.82) is 0 Å². The smallest absolute Gasteiger partial charge is 0.109 e. The summed E-state index contributed by atoms with van der Waals surface area (Å²) in [6, 6.07) is 8.14. The summed E-state index contributed by atoms with van der Waals surface area (Å²) >= 11 is 0. The second-order valence-electron chi connectivity index (χ2n) is 5.20. The Bertz CT molecular complexity index is 528. The van der Waals surface area contributed by atoms with Crippen LogP contribution in [0.2, 0.25) is 0 Å². The largest absolute Gasteiger partial charge is 0.388 e. The highest BCUT2D eigenvalue weighted by Gasteiger charge is 2.21. The number of nitrogens with zero attached hydrogens (tertiary/aromatic N) is 2. The maximum Gasteiger partial charge on any atom is 0.109 e. The number of imidazole rings is 1. The molecular weight excluding hydrogens is 224 g/mol. The molecule has 3 nitrogen and oxygen atoms in total. The standard InChI is InChI=1S/C15H22N2O/c1-4-8-14-16-12-9-6-7-10-13(12)17(14)11-15(3,18)5-2/h6-7,9-10,18H,4-5,8,11H2,1-3H3. The molecule has 0 aliphatic heterocycles. The van der Waals surface area contributed by atoms with Gasteiger partial charge in [-0.3, -0.25) is 0 Å². The Morgan fingerprint density at radius 3 is 2.67 bits per heavy atom. The fourth-order valence-corrected chi connectivity index (χ4v) is 2.17. The summed E-state index contributed by atoms with van der Waals surface area (Å²) in [7, 11) is 0. The lowest BCUT2D eigenvalue weighted by atomic mass is 10.0. The molecule has 98 valence electrons. The van der Waals surface area contributed by atoms with Crippen LogP contribution in [0.5, 0.6) is 0 Å². The maximum absolute atomic E-state index is 10.3. The molecule has 0 bridgehead atoms. The zero-order chi connectivity index (χ0) is 13.2. The van der Waals surface area contributed by atoms with Crippen molar-refractivity contribution in [2.24, 2.45) is 0 Å². The van der Waals surface area contributed by atoms with Gasteiger partial charge in [-0.15, -0.1) is 0 Å². The van der Waals surface area contributed by atoms with E-state index in [-0.39, 0.29) is 0 Å². The molecule has 3 heteroatoms. The summed E-state index contributed by atoms with van der Waals surface area (Å²) < 4.78 is 2.17. The van der Waals surface area contributed by atoms with Crippen LogP contribution >= 0.6 is 0 Å². The minimum atomic E-state index is -0.675. The van der Waals surface area contributed by atoms with E-state index in [1.807, 2.05) is 32.0 Å². The number of hydrogen-bond donors (Lipinski definition) is 1. The third-order valence-corrected chi connectivity index (χ3v) is 3.47. The van der Waals surface area contributed by atoms with E-state index in [2.05, 4.69) is 22.5 Å². The summed E-state index contributed by atoms with van der Waals surface area (Å²) in [6.07, 6.45) is 2.76. The molecule has 0 amide bonds. The Morgan fingerprint density at radius 1 is 1.28 bits per heavy atom. The first-order valence-electron chi connectivity index (χ1n) is 6.74. The van der Waals surface area contributed by atoms with Gasteiger partial charge in [-0.2, -0.15) is 0 Å². The minimum Gasteiger partial charge on any atom is -0.388 e. The van der Waals surface area contributed by atoms with Gasteiger partial charge in [0.05, 0.1) is 23.2 Å². The van der Waals surface area contributed by atoms with E-state index in [0.29, 0.717) is 6.54 Å². The van der Waals surface area contributed by atoms with E-state index in [1.54, 1.807) is 0 Å². The van der Waals surface area contributed by atoms with E-state index < -0.39 is 5.60 Å². The van der Waals surface area contributed by atoms with Crippen molar-refractivity contribution in [2.75, 3.05) is 0 Å². The average molecular weight is 246 g/mol. The highest BCUT2D eigenvalue weighted by molar-refractivity contribution is 5.75. The van der Waals surface area contributed by atoms with Crippen LogP contribution in [0.3, 0.4) is 0 Å². The average Bonchev–Trinajstić information content (AvgIpc) is 2.68. The van der Waals surface area contributed by atoms with Gasteiger partial charge in [0.25, 0.3) is 0 Å². The SMILES string of the molecule is CCCc1nc2ccccc2n1CC(C)(O)CC. The maximum atomic E-state index is 10.3. The molecule has 1 unspecified atom stereocenters. The summed E-state index contributed by atoms with van der Waals surface area (Å²) in [5.41, 5.74) is 1.47. The Balaban J connectivity index is 2.48. The topological polar surface area (TPSA) is 38.0 Å². The van der Waals surface area contributed by atoms with E-state index >= 15 is 0 Å². The molecule has 0 aliphatic rings. The Labute approximate surface area is 108 Å². The van der Waals surface area contributed by atoms with Crippen LogP contribution in [0.1, 0.15) is 39.4 Å².